The van der Waals surface area contributed by atoms with E-state index in [0.717, 1.165) is 94.7 Å². The quantitative estimate of drug-likeness (QED) is 0.156. The molecule has 18 aliphatic rings. The molecule has 10 aliphatic heterocycles. The van der Waals surface area contributed by atoms with Crippen LogP contribution in [0, 0.1) is 94.7 Å². The van der Waals surface area contributed by atoms with Gasteiger partial charge in [0.2, 0.25) is 0 Å². The van der Waals surface area contributed by atoms with Crippen molar-refractivity contribution in [2.75, 3.05) is 0 Å². The van der Waals surface area contributed by atoms with Gasteiger partial charge in [0.1, 0.15) is 0 Å². The van der Waals surface area contributed by atoms with Crippen LogP contribution in [0.2, 0.25) is 0 Å². The summed E-state index contributed by atoms with van der Waals surface area (Å²) < 4.78 is 0. The van der Waals surface area contributed by atoms with E-state index >= 15 is 0 Å². The van der Waals surface area contributed by atoms with Crippen LogP contribution in [0.15, 0.2) is 0 Å². The average molecular weight is 1200 g/mol. The van der Waals surface area contributed by atoms with Crippen molar-refractivity contribution in [1.82, 2.24) is 85.1 Å². The van der Waals surface area contributed by atoms with Crippen LogP contribution < -0.4 is 85.1 Å². The molecule has 18 fully saturated rings. The van der Waals surface area contributed by atoms with Crippen LogP contribution in [0.1, 0.15) is 205 Å². The van der Waals surface area contributed by atoms with Gasteiger partial charge in [0.25, 0.3) is 0 Å². The Kier molecular flexibility index (Phi) is 17.8. The fourth-order valence-corrected chi connectivity index (χ4v) is 23.9. The maximum absolute atomic E-state index is 4.26. The van der Waals surface area contributed by atoms with Gasteiger partial charge in [0.05, 0.1) is 98.7 Å². The second-order valence-electron chi connectivity index (χ2n) is 31.2. The van der Waals surface area contributed by atoms with E-state index in [1.165, 1.54) is 205 Å². The standard InChI is InChI=1S/2C32H56N8.Ga.H2O.2H/c2*1-2-10-18-17(9-1)25-33-26(18)38-28-21-13-5-6-14-22(21)30(35-28)40-32-24-16-8-7-15-23(24)31(36-32)39-29-20-12-4-3-11-19(20)27(34-29)37-25;;;;/h2*17-40H,1-16H2;;1H2;;. The number of hydrogen-bond donors (Lipinski definition) is 16. The molecule has 16 atom stereocenters. The van der Waals surface area contributed by atoms with Crippen LogP contribution in [0.25, 0.3) is 0 Å². The van der Waals surface area contributed by atoms with Crippen molar-refractivity contribution < 1.29 is 5.48 Å². The molecule has 18 N–H and O–H groups in total. The third kappa shape index (κ3) is 10.7. The predicted molar refractivity (Wildman–Crippen MR) is 327 cm³/mol. The molecule has 18 heteroatoms. The second kappa shape index (κ2) is 25.0. The minimum absolute atomic E-state index is 0. The minimum atomic E-state index is 0. The van der Waals surface area contributed by atoms with Crippen molar-refractivity contribution in [1.29, 1.82) is 0 Å². The van der Waals surface area contributed by atoms with E-state index in [2.05, 4.69) is 85.1 Å². The molecule has 17 nitrogen and oxygen atoms in total. The average Bonchev–Trinajstić information content (AvgIpc) is 4.52. The normalized spacial score (nSPS) is 56.2. The van der Waals surface area contributed by atoms with Crippen molar-refractivity contribution in [3.63, 3.8) is 0 Å². The predicted octanol–water partition coefficient (Wildman–Crippen LogP) is 3.47. The van der Waals surface area contributed by atoms with Gasteiger partial charge in [-0.3, -0.25) is 85.1 Å². The van der Waals surface area contributed by atoms with E-state index in [1.807, 2.05) is 0 Å². The monoisotopic (exact) mass is 1190 g/mol. The molecule has 16 unspecified atom stereocenters. The fourth-order valence-electron chi connectivity index (χ4n) is 23.9. The van der Waals surface area contributed by atoms with Crippen LogP contribution in [-0.4, -0.2) is 124 Å². The molecule has 1 radical (unpaired) electrons. The first-order valence-electron chi connectivity index (χ1n) is 35.8. The Hall–Kier alpha value is -0.0436. The first-order chi connectivity index (χ1) is 39.6. The van der Waals surface area contributed by atoms with Gasteiger partial charge < -0.3 is 5.48 Å². The molecule has 0 aromatic rings. The van der Waals surface area contributed by atoms with E-state index in [-0.39, 0.29) is 25.3 Å². The molecule has 0 amide bonds. The van der Waals surface area contributed by atoms with Crippen molar-refractivity contribution in [2.24, 2.45) is 94.7 Å². The van der Waals surface area contributed by atoms with Crippen LogP contribution in [-0.2, 0) is 0 Å². The summed E-state index contributed by atoms with van der Waals surface area (Å²) in [6.07, 6.45) is 51.1. The molecule has 8 saturated carbocycles. The first-order valence-corrected chi connectivity index (χ1v) is 35.8. The molecule has 10 heterocycles. The number of rotatable bonds is 0. The summed E-state index contributed by atoms with van der Waals surface area (Å²) in [5, 5.41) is 67.6. The van der Waals surface area contributed by atoms with Crippen molar-refractivity contribution in [3.05, 3.63) is 0 Å². The summed E-state index contributed by atoms with van der Waals surface area (Å²) >= 11 is 0. The van der Waals surface area contributed by atoms with E-state index in [1.54, 1.807) is 0 Å². The van der Waals surface area contributed by atoms with E-state index < -0.39 is 0 Å². The summed E-state index contributed by atoms with van der Waals surface area (Å²) in [5.41, 5.74) is 0. The van der Waals surface area contributed by atoms with Crippen molar-refractivity contribution in [3.8, 4) is 0 Å². The summed E-state index contributed by atoms with van der Waals surface area (Å²) in [4.78, 5) is 0. The van der Waals surface area contributed by atoms with Gasteiger partial charge in [-0.05, 0) is 197 Å². The maximum atomic E-state index is 4.26. The van der Waals surface area contributed by atoms with Crippen molar-refractivity contribution >= 4 is 19.8 Å². The summed E-state index contributed by atoms with van der Waals surface area (Å²) in [6, 6.07) is 0. The first kappa shape index (κ1) is 58.3. The van der Waals surface area contributed by atoms with E-state index in [4.69, 9.17) is 0 Å². The summed E-state index contributed by atoms with van der Waals surface area (Å²) in [5.74, 6) is 11.9. The summed E-state index contributed by atoms with van der Waals surface area (Å²) in [6.45, 7) is 0. The number of nitrogens with one attached hydrogen (secondary N) is 16. The third-order valence-corrected chi connectivity index (χ3v) is 27.6. The Morgan fingerprint density at radius 3 is 0.244 bits per heavy atom. The zero-order valence-electron chi connectivity index (χ0n) is 50.6. The van der Waals surface area contributed by atoms with Crippen LogP contribution in [0.4, 0.5) is 0 Å². The van der Waals surface area contributed by atoms with Gasteiger partial charge in [-0.25, -0.2) is 0 Å². The number of hydrogen-bond acceptors (Lipinski definition) is 16. The molecule has 0 spiro atoms. The zero-order valence-corrected chi connectivity index (χ0v) is 54.8. The van der Waals surface area contributed by atoms with Crippen LogP contribution >= 0.6 is 0 Å². The molecular formula is C64H116GaN16O. The second-order valence-corrected chi connectivity index (χ2v) is 31.2. The molecule has 0 aromatic heterocycles. The Morgan fingerprint density at radius 2 is 0.183 bits per heavy atom. The molecule has 16 bridgehead atoms. The topological polar surface area (TPSA) is 224 Å². The van der Waals surface area contributed by atoms with E-state index in [9.17, 15) is 0 Å². The van der Waals surface area contributed by atoms with E-state index in [0.29, 0.717) is 98.7 Å². The van der Waals surface area contributed by atoms with Crippen LogP contribution in [0.5, 0.6) is 0 Å². The Bertz CT molecular complexity index is 1580. The molecular weight excluding hydrogens is 1080 g/mol. The third-order valence-electron chi connectivity index (χ3n) is 27.6. The molecule has 0 aromatic carbocycles. The van der Waals surface area contributed by atoms with Gasteiger partial charge in [0.15, 0.2) is 0 Å². The van der Waals surface area contributed by atoms with Gasteiger partial charge >= 0.3 is 19.8 Å². The SMILES string of the molecule is C1CCC2C3NC(NC4NC(NC5NC(NC6NC(N3)C3CCCCC63)C3CCCCC53)C3CCCCC43)C2C1.C1CCC2C3NC(NC4NC(NC5NC(NC6NC(N3)C3CCCCC63)C3CCCCC53)C3CCCCC43)C2C1.O.[GaH2]. The zero-order chi connectivity index (χ0) is 52.4. The van der Waals surface area contributed by atoms with Gasteiger partial charge in [-0.1, -0.05) is 103 Å². The fraction of sp³-hybridized carbons (Fsp3) is 1.00. The Labute approximate surface area is 506 Å². The molecule has 461 valence electrons. The Morgan fingerprint density at radius 1 is 0.122 bits per heavy atom. The van der Waals surface area contributed by atoms with Gasteiger partial charge in [-0.2, -0.15) is 0 Å². The summed E-state index contributed by atoms with van der Waals surface area (Å²) in [7, 11) is 0. The molecule has 18 rings (SSSR count). The number of fused-ring (bicyclic) bond motifs is 40. The Balaban J connectivity index is 0.000000137. The molecule has 8 aliphatic carbocycles. The van der Waals surface area contributed by atoms with Gasteiger partial charge in [0, 0.05) is 0 Å². The van der Waals surface area contributed by atoms with Crippen molar-refractivity contribution in [2.45, 2.75) is 304 Å². The van der Waals surface area contributed by atoms with Crippen LogP contribution in [0.3, 0.4) is 0 Å². The van der Waals surface area contributed by atoms with Gasteiger partial charge in [-0.15, -0.1) is 0 Å². The molecule has 82 heavy (non-hydrogen) atoms. The molecule has 10 saturated heterocycles.